The highest BCUT2D eigenvalue weighted by molar-refractivity contribution is 5.75. The van der Waals surface area contributed by atoms with Gasteiger partial charge in [0.05, 0.1) is 0 Å². The maximum Gasteiger partial charge on any atom is 0.123 e. The lowest BCUT2D eigenvalue weighted by Gasteiger charge is -2.04. The van der Waals surface area contributed by atoms with Crippen LogP contribution in [0.5, 0.6) is 0 Å². The molecule has 1 aromatic heterocycles. The van der Waals surface area contributed by atoms with E-state index in [-0.39, 0.29) is 5.82 Å². The second-order valence-corrected chi connectivity index (χ2v) is 3.09. The maximum atomic E-state index is 13.1. The highest BCUT2D eigenvalue weighted by atomic mass is 19.1. The highest BCUT2D eigenvalue weighted by Gasteiger charge is 2.05. The number of nitrogens with zero attached hydrogens (tertiary/aromatic N) is 4. The van der Waals surface area contributed by atoms with Crippen molar-refractivity contribution in [1.82, 2.24) is 4.98 Å². The predicted octanol–water partition coefficient (Wildman–Crippen LogP) is 3.83. The number of hydrogen-bond acceptors (Lipinski definition) is 2. The molecule has 2 aromatic rings. The van der Waals surface area contributed by atoms with Gasteiger partial charge in [-0.1, -0.05) is 11.2 Å². The van der Waals surface area contributed by atoms with Crippen molar-refractivity contribution >= 4 is 5.69 Å². The van der Waals surface area contributed by atoms with Crippen molar-refractivity contribution in [2.75, 3.05) is 0 Å². The molecule has 1 aromatic carbocycles. The molecule has 4 nitrogen and oxygen atoms in total. The SMILES string of the molecule is [N-]=[N+]=Nc1ccc(F)cc1-c1cccnc1. The quantitative estimate of drug-likeness (QED) is 0.425. The summed E-state index contributed by atoms with van der Waals surface area (Å²) in [6, 6.07) is 7.53. The second-order valence-electron chi connectivity index (χ2n) is 3.09. The van der Waals surface area contributed by atoms with Gasteiger partial charge in [0.2, 0.25) is 0 Å². The fourth-order valence-corrected chi connectivity index (χ4v) is 1.40. The lowest BCUT2D eigenvalue weighted by atomic mass is 10.1. The molecule has 5 heteroatoms. The number of azide groups is 1. The van der Waals surface area contributed by atoms with Crippen LogP contribution in [0, 0.1) is 5.82 Å². The zero-order chi connectivity index (χ0) is 11.4. The molecule has 0 unspecified atom stereocenters. The topological polar surface area (TPSA) is 61.7 Å². The standard InChI is InChI=1S/C11H7FN4/c12-9-3-4-11(15-16-13)10(6-9)8-2-1-5-14-7-8/h1-7H. The Morgan fingerprint density at radius 2 is 2.19 bits per heavy atom. The van der Waals surface area contributed by atoms with Crippen LogP contribution in [0.2, 0.25) is 0 Å². The van der Waals surface area contributed by atoms with E-state index in [1.807, 2.05) is 0 Å². The minimum absolute atomic E-state index is 0.379. The molecule has 16 heavy (non-hydrogen) atoms. The van der Waals surface area contributed by atoms with Crippen LogP contribution in [0.15, 0.2) is 47.8 Å². The molecule has 0 spiro atoms. The Bertz CT molecular complexity index is 547. The molecule has 0 radical (unpaired) electrons. The van der Waals surface area contributed by atoms with Crippen LogP contribution in [0.25, 0.3) is 21.6 Å². The summed E-state index contributed by atoms with van der Waals surface area (Å²) in [5.74, 6) is -0.379. The predicted molar refractivity (Wildman–Crippen MR) is 58.4 cm³/mol. The molecule has 0 aliphatic rings. The van der Waals surface area contributed by atoms with Crippen LogP contribution in [-0.4, -0.2) is 4.98 Å². The van der Waals surface area contributed by atoms with E-state index in [1.54, 1.807) is 24.5 Å². The Hall–Kier alpha value is -2.39. The van der Waals surface area contributed by atoms with Crippen molar-refractivity contribution in [2.45, 2.75) is 0 Å². The van der Waals surface area contributed by atoms with Crippen LogP contribution in [-0.2, 0) is 0 Å². The first-order valence-electron chi connectivity index (χ1n) is 4.56. The van der Waals surface area contributed by atoms with Crippen LogP contribution in [0.4, 0.5) is 10.1 Å². The van der Waals surface area contributed by atoms with Gasteiger partial charge in [-0.15, -0.1) is 0 Å². The first-order chi connectivity index (χ1) is 7.81. The molecule has 0 atom stereocenters. The summed E-state index contributed by atoms with van der Waals surface area (Å²) in [5.41, 5.74) is 10.0. The van der Waals surface area contributed by atoms with Gasteiger partial charge < -0.3 is 0 Å². The number of benzene rings is 1. The van der Waals surface area contributed by atoms with E-state index in [9.17, 15) is 4.39 Å². The van der Waals surface area contributed by atoms with Gasteiger partial charge in [0.25, 0.3) is 0 Å². The fraction of sp³-hybridized carbons (Fsp3) is 0. The molecule has 0 fully saturated rings. The third kappa shape index (κ3) is 1.99. The molecule has 0 N–H and O–H groups in total. The zero-order valence-electron chi connectivity index (χ0n) is 8.21. The number of rotatable bonds is 2. The van der Waals surface area contributed by atoms with Crippen molar-refractivity contribution in [3.05, 3.63) is 59.0 Å². The van der Waals surface area contributed by atoms with Gasteiger partial charge in [-0.25, -0.2) is 4.39 Å². The van der Waals surface area contributed by atoms with E-state index in [2.05, 4.69) is 15.0 Å². The number of aromatic nitrogens is 1. The first kappa shape index (κ1) is 10.1. The lowest BCUT2D eigenvalue weighted by Crippen LogP contribution is -1.82. The molecule has 0 aliphatic heterocycles. The Morgan fingerprint density at radius 3 is 2.88 bits per heavy atom. The first-order valence-corrected chi connectivity index (χ1v) is 4.56. The van der Waals surface area contributed by atoms with E-state index in [0.717, 1.165) is 0 Å². The van der Waals surface area contributed by atoms with Gasteiger partial charge in [0.1, 0.15) is 5.82 Å². The molecule has 1 heterocycles. The van der Waals surface area contributed by atoms with Crippen LogP contribution < -0.4 is 0 Å². The van der Waals surface area contributed by atoms with Gasteiger partial charge in [-0.3, -0.25) is 4.98 Å². The third-order valence-electron chi connectivity index (χ3n) is 2.08. The summed E-state index contributed by atoms with van der Waals surface area (Å²) in [5, 5.41) is 3.51. The minimum atomic E-state index is -0.379. The summed E-state index contributed by atoms with van der Waals surface area (Å²) < 4.78 is 13.1. The summed E-state index contributed by atoms with van der Waals surface area (Å²) in [6.07, 6.45) is 3.21. The van der Waals surface area contributed by atoms with Gasteiger partial charge in [-0.05, 0) is 35.4 Å². The molecule has 0 amide bonds. The lowest BCUT2D eigenvalue weighted by molar-refractivity contribution is 0.628. The highest BCUT2D eigenvalue weighted by Crippen LogP contribution is 2.30. The second kappa shape index (κ2) is 4.42. The number of halogens is 1. The van der Waals surface area contributed by atoms with Crippen molar-refractivity contribution in [1.29, 1.82) is 0 Å². The zero-order valence-corrected chi connectivity index (χ0v) is 8.21. The van der Waals surface area contributed by atoms with Crippen LogP contribution >= 0.6 is 0 Å². The third-order valence-corrected chi connectivity index (χ3v) is 2.08. The van der Waals surface area contributed by atoms with E-state index in [4.69, 9.17) is 5.53 Å². The van der Waals surface area contributed by atoms with Gasteiger partial charge in [0, 0.05) is 28.6 Å². The van der Waals surface area contributed by atoms with Gasteiger partial charge in [0.15, 0.2) is 0 Å². The normalized spacial score (nSPS) is 9.56. The average Bonchev–Trinajstić information content (AvgIpc) is 2.33. The molecule has 0 aliphatic carbocycles. The minimum Gasteiger partial charge on any atom is -0.264 e. The Labute approximate surface area is 91.0 Å². The van der Waals surface area contributed by atoms with Gasteiger partial charge >= 0.3 is 0 Å². The fourth-order valence-electron chi connectivity index (χ4n) is 1.40. The van der Waals surface area contributed by atoms with E-state index >= 15 is 0 Å². The van der Waals surface area contributed by atoms with E-state index in [0.29, 0.717) is 16.8 Å². The van der Waals surface area contributed by atoms with Crippen molar-refractivity contribution < 1.29 is 4.39 Å². The summed E-state index contributed by atoms with van der Waals surface area (Å²) in [6.45, 7) is 0. The summed E-state index contributed by atoms with van der Waals surface area (Å²) in [4.78, 5) is 6.64. The average molecular weight is 214 g/mol. The Kier molecular flexibility index (Phi) is 2.80. The van der Waals surface area contributed by atoms with E-state index in [1.165, 1.54) is 18.2 Å². The van der Waals surface area contributed by atoms with E-state index < -0.39 is 0 Å². The molecular formula is C11H7FN4. The summed E-state index contributed by atoms with van der Waals surface area (Å²) >= 11 is 0. The Morgan fingerprint density at radius 1 is 1.31 bits per heavy atom. The molecule has 0 saturated heterocycles. The van der Waals surface area contributed by atoms with Crippen molar-refractivity contribution in [3.8, 4) is 11.1 Å². The Balaban J connectivity index is 2.62. The largest absolute Gasteiger partial charge is 0.264 e. The van der Waals surface area contributed by atoms with Crippen LogP contribution in [0.1, 0.15) is 0 Å². The molecular weight excluding hydrogens is 207 g/mol. The number of pyridine rings is 1. The summed E-state index contributed by atoms with van der Waals surface area (Å²) in [7, 11) is 0. The monoisotopic (exact) mass is 214 g/mol. The molecule has 0 saturated carbocycles. The van der Waals surface area contributed by atoms with Crippen LogP contribution in [0.3, 0.4) is 0 Å². The molecule has 0 bridgehead atoms. The van der Waals surface area contributed by atoms with Crippen molar-refractivity contribution in [2.24, 2.45) is 5.11 Å². The molecule has 2 rings (SSSR count). The maximum absolute atomic E-state index is 13.1. The molecule has 78 valence electrons. The smallest absolute Gasteiger partial charge is 0.123 e. The van der Waals surface area contributed by atoms with Crippen molar-refractivity contribution in [3.63, 3.8) is 0 Å². The number of hydrogen-bond donors (Lipinski definition) is 0. The van der Waals surface area contributed by atoms with Gasteiger partial charge in [-0.2, -0.15) is 0 Å².